The lowest BCUT2D eigenvalue weighted by atomic mass is 10.0. The fraction of sp³-hybridized carbons (Fsp3) is 0.818. The summed E-state index contributed by atoms with van der Waals surface area (Å²) < 4.78 is 0. The van der Waals surface area contributed by atoms with E-state index in [1.54, 1.807) is 0 Å². The van der Waals surface area contributed by atoms with Gasteiger partial charge in [-0.05, 0) is 6.42 Å². The van der Waals surface area contributed by atoms with Crippen LogP contribution in [0.25, 0.3) is 0 Å². The second-order valence-corrected chi connectivity index (χ2v) is 3.20. The summed E-state index contributed by atoms with van der Waals surface area (Å²) in [4.78, 5) is 0. The van der Waals surface area contributed by atoms with Crippen LogP contribution in [0, 0.1) is 0 Å². The van der Waals surface area contributed by atoms with Gasteiger partial charge in [0.1, 0.15) is 0 Å². The van der Waals surface area contributed by atoms with Gasteiger partial charge in [-0.3, -0.25) is 0 Å². The van der Waals surface area contributed by atoms with E-state index in [1.165, 1.54) is 44.9 Å². The summed E-state index contributed by atoms with van der Waals surface area (Å²) in [5.41, 5.74) is 0. The normalized spacial score (nSPS) is 16.5. The standard InChI is InChI=1S/C6H12.C5H10/c1-2-4-6-5-3-1;1-3-5-4-2/h1-6H2;3H,1,4-5H2,2H3. The Morgan fingerprint density at radius 2 is 1.36 bits per heavy atom. The molecule has 0 spiro atoms. The zero-order valence-corrected chi connectivity index (χ0v) is 7.94. The van der Waals surface area contributed by atoms with Crippen molar-refractivity contribution >= 4 is 0 Å². The second-order valence-electron chi connectivity index (χ2n) is 3.20. The molecule has 1 aliphatic rings. The van der Waals surface area contributed by atoms with Gasteiger partial charge in [-0.1, -0.05) is 57.9 Å². The second kappa shape index (κ2) is 9.74. The van der Waals surface area contributed by atoms with Crippen molar-refractivity contribution < 1.29 is 0 Å². The SMILES string of the molecule is C1CCCCC1.C=CCCC. The number of rotatable bonds is 2. The minimum absolute atomic E-state index is 1.15. The molecule has 0 radical (unpaired) electrons. The Bertz CT molecular complexity index is 58.6. The molecule has 0 bridgehead atoms. The van der Waals surface area contributed by atoms with E-state index in [1.807, 2.05) is 6.08 Å². The zero-order chi connectivity index (χ0) is 8.36. The summed E-state index contributed by atoms with van der Waals surface area (Å²) in [6.45, 7) is 5.69. The minimum Gasteiger partial charge on any atom is -0.103 e. The molecule has 0 heterocycles. The molecule has 0 aliphatic heterocycles. The molecule has 0 amide bonds. The van der Waals surface area contributed by atoms with Gasteiger partial charge in [0, 0.05) is 0 Å². The molecule has 0 aromatic rings. The van der Waals surface area contributed by atoms with Gasteiger partial charge in [-0.25, -0.2) is 0 Å². The Morgan fingerprint density at radius 1 is 1.00 bits per heavy atom. The first-order chi connectivity index (χ1) is 5.41. The van der Waals surface area contributed by atoms with Gasteiger partial charge < -0.3 is 0 Å². The number of allylic oxidation sites excluding steroid dienone is 1. The summed E-state index contributed by atoms with van der Waals surface area (Å²) in [6, 6.07) is 0. The lowest BCUT2D eigenvalue weighted by Crippen LogP contribution is -1.85. The molecule has 1 saturated carbocycles. The van der Waals surface area contributed by atoms with Crippen LogP contribution < -0.4 is 0 Å². The van der Waals surface area contributed by atoms with Gasteiger partial charge in [-0.2, -0.15) is 0 Å². The van der Waals surface area contributed by atoms with Crippen molar-refractivity contribution in [1.29, 1.82) is 0 Å². The van der Waals surface area contributed by atoms with E-state index < -0.39 is 0 Å². The number of unbranched alkanes of at least 4 members (excludes halogenated alkanes) is 1. The summed E-state index contributed by atoms with van der Waals surface area (Å²) in [6.07, 6.45) is 13.3. The Balaban J connectivity index is 0.000000187. The molecule has 0 aromatic carbocycles. The maximum absolute atomic E-state index is 3.55. The first-order valence-electron chi connectivity index (χ1n) is 5.02. The Morgan fingerprint density at radius 3 is 1.45 bits per heavy atom. The molecule has 0 unspecified atom stereocenters. The van der Waals surface area contributed by atoms with Gasteiger partial charge in [0.15, 0.2) is 0 Å². The van der Waals surface area contributed by atoms with Crippen molar-refractivity contribution in [2.24, 2.45) is 0 Å². The van der Waals surface area contributed by atoms with Gasteiger partial charge in [0.2, 0.25) is 0 Å². The number of hydrogen-bond acceptors (Lipinski definition) is 0. The van der Waals surface area contributed by atoms with E-state index in [0.29, 0.717) is 0 Å². The molecule has 11 heavy (non-hydrogen) atoms. The third-order valence-corrected chi connectivity index (χ3v) is 1.99. The molecule has 66 valence electrons. The molecule has 0 atom stereocenters. The van der Waals surface area contributed by atoms with Crippen LogP contribution in [0.2, 0.25) is 0 Å². The van der Waals surface area contributed by atoms with Crippen LogP contribution in [0.3, 0.4) is 0 Å². The fourth-order valence-electron chi connectivity index (χ4n) is 1.26. The third kappa shape index (κ3) is 9.74. The van der Waals surface area contributed by atoms with E-state index >= 15 is 0 Å². The first-order valence-corrected chi connectivity index (χ1v) is 5.02. The van der Waals surface area contributed by atoms with E-state index in [4.69, 9.17) is 0 Å². The molecule has 0 nitrogen and oxygen atoms in total. The highest BCUT2D eigenvalue weighted by Gasteiger charge is 1.95. The van der Waals surface area contributed by atoms with Crippen LogP contribution in [-0.2, 0) is 0 Å². The average molecular weight is 154 g/mol. The summed E-state index contributed by atoms with van der Waals surface area (Å²) in [5, 5.41) is 0. The van der Waals surface area contributed by atoms with Crippen LogP contribution in [0.5, 0.6) is 0 Å². The van der Waals surface area contributed by atoms with Crippen molar-refractivity contribution in [1.82, 2.24) is 0 Å². The van der Waals surface area contributed by atoms with Crippen LogP contribution in [-0.4, -0.2) is 0 Å². The summed E-state index contributed by atoms with van der Waals surface area (Å²) in [5.74, 6) is 0. The molecule has 1 fully saturated rings. The average Bonchev–Trinajstić information content (AvgIpc) is 2.10. The van der Waals surface area contributed by atoms with Crippen molar-refractivity contribution in [3.63, 3.8) is 0 Å². The van der Waals surface area contributed by atoms with Crippen LogP contribution in [0.15, 0.2) is 12.7 Å². The smallest absolute Gasteiger partial charge is 0.0356 e. The van der Waals surface area contributed by atoms with E-state index in [2.05, 4.69) is 13.5 Å². The van der Waals surface area contributed by atoms with E-state index in [-0.39, 0.29) is 0 Å². The fourth-order valence-corrected chi connectivity index (χ4v) is 1.26. The summed E-state index contributed by atoms with van der Waals surface area (Å²) in [7, 11) is 0. The van der Waals surface area contributed by atoms with Crippen molar-refractivity contribution in [3.05, 3.63) is 12.7 Å². The Kier molecular flexibility index (Phi) is 9.51. The molecule has 0 N–H and O–H groups in total. The van der Waals surface area contributed by atoms with Crippen LogP contribution >= 0.6 is 0 Å². The Hall–Kier alpha value is -0.260. The molecule has 1 aliphatic carbocycles. The van der Waals surface area contributed by atoms with Crippen LogP contribution in [0.4, 0.5) is 0 Å². The lowest BCUT2D eigenvalue weighted by molar-refractivity contribution is 0.504. The predicted octanol–water partition coefficient (Wildman–Crippen LogP) is 4.31. The number of hydrogen-bond donors (Lipinski definition) is 0. The maximum Gasteiger partial charge on any atom is -0.0356 e. The van der Waals surface area contributed by atoms with E-state index in [9.17, 15) is 0 Å². The van der Waals surface area contributed by atoms with Crippen molar-refractivity contribution in [2.45, 2.75) is 58.3 Å². The highest BCUT2D eigenvalue weighted by molar-refractivity contribution is 4.63. The van der Waals surface area contributed by atoms with Gasteiger partial charge in [-0.15, -0.1) is 6.58 Å². The highest BCUT2D eigenvalue weighted by atomic mass is 14.0. The van der Waals surface area contributed by atoms with Gasteiger partial charge in [0.25, 0.3) is 0 Å². The molecule has 0 heteroatoms. The van der Waals surface area contributed by atoms with Crippen molar-refractivity contribution in [3.8, 4) is 0 Å². The summed E-state index contributed by atoms with van der Waals surface area (Å²) >= 11 is 0. The Labute approximate surface area is 71.7 Å². The molecule has 0 aromatic heterocycles. The van der Waals surface area contributed by atoms with Gasteiger partial charge in [0.05, 0.1) is 0 Å². The molecular weight excluding hydrogens is 132 g/mol. The largest absolute Gasteiger partial charge is 0.103 e. The minimum atomic E-state index is 1.15. The molecule has 1 rings (SSSR count). The predicted molar refractivity (Wildman–Crippen MR) is 52.8 cm³/mol. The quantitative estimate of drug-likeness (QED) is 0.520. The zero-order valence-electron chi connectivity index (χ0n) is 7.94. The highest BCUT2D eigenvalue weighted by Crippen LogP contribution is 2.15. The van der Waals surface area contributed by atoms with Crippen LogP contribution in [0.1, 0.15) is 58.3 Å². The monoisotopic (exact) mass is 154 g/mol. The molecule has 0 saturated heterocycles. The van der Waals surface area contributed by atoms with Crippen molar-refractivity contribution in [2.75, 3.05) is 0 Å². The molecular formula is C11H22. The lowest BCUT2D eigenvalue weighted by Gasteiger charge is -2.05. The third-order valence-electron chi connectivity index (χ3n) is 1.99. The first kappa shape index (κ1) is 10.7. The maximum atomic E-state index is 3.55. The topological polar surface area (TPSA) is 0 Å². The van der Waals surface area contributed by atoms with E-state index in [0.717, 1.165) is 6.42 Å². The van der Waals surface area contributed by atoms with Gasteiger partial charge >= 0.3 is 0 Å².